The number of benzene rings is 1. The minimum absolute atomic E-state index is 0.0524. The smallest absolute Gasteiger partial charge is 0.419 e. The van der Waals surface area contributed by atoms with Crippen molar-refractivity contribution in [2.24, 2.45) is 0 Å². The van der Waals surface area contributed by atoms with Crippen LogP contribution in [0.5, 0.6) is 0 Å². The first-order valence-corrected chi connectivity index (χ1v) is 10.7. The lowest BCUT2D eigenvalue weighted by molar-refractivity contribution is -0.159. The second kappa shape index (κ2) is 7.78. The number of ether oxygens (including phenoxy) is 1. The largest absolute Gasteiger partial charge is 0.452 e. The van der Waals surface area contributed by atoms with Crippen LogP contribution in [0.4, 0.5) is 0 Å². The van der Waals surface area contributed by atoms with E-state index in [0.717, 1.165) is 0 Å². The number of esters is 1. The molecule has 1 aliphatic heterocycles. The molecule has 1 saturated heterocycles. The van der Waals surface area contributed by atoms with Crippen molar-refractivity contribution in [3.8, 4) is 0 Å². The Morgan fingerprint density at radius 1 is 1.36 bits per heavy atom. The van der Waals surface area contributed by atoms with Gasteiger partial charge in [0.2, 0.25) is 0 Å². The van der Waals surface area contributed by atoms with E-state index in [1.165, 1.54) is 23.4 Å². The van der Waals surface area contributed by atoms with Crippen LogP contribution >= 0.6 is 0 Å². The molecule has 0 spiro atoms. The van der Waals surface area contributed by atoms with Gasteiger partial charge in [0.25, 0.3) is 5.91 Å². The number of oxazole rings is 1. The maximum absolute atomic E-state index is 12.4. The number of likely N-dealkylation sites (N-methyl/N-ethyl adjacent to an activating group) is 1. The van der Waals surface area contributed by atoms with Crippen LogP contribution in [0.25, 0.3) is 11.1 Å². The molecule has 0 unspecified atom stereocenters. The summed E-state index contributed by atoms with van der Waals surface area (Å²) >= 11 is 0. The normalized spacial score (nSPS) is 19.4. The predicted octanol–water partition coefficient (Wildman–Crippen LogP) is 0.562. The molecule has 28 heavy (non-hydrogen) atoms. The van der Waals surface area contributed by atoms with Gasteiger partial charge in [-0.1, -0.05) is 12.1 Å². The maximum Gasteiger partial charge on any atom is 0.419 e. The van der Waals surface area contributed by atoms with Crippen molar-refractivity contribution in [3.63, 3.8) is 0 Å². The van der Waals surface area contributed by atoms with Gasteiger partial charge in [-0.15, -0.1) is 0 Å². The van der Waals surface area contributed by atoms with Gasteiger partial charge >= 0.3 is 11.7 Å². The lowest BCUT2D eigenvalue weighted by Crippen LogP contribution is -2.44. The van der Waals surface area contributed by atoms with Crippen LogP contribution in [0.1, 0.15) is 19.8 Å². The topological polar surface area (TPSA) is 116 Å². The summed E-state index contributed by atoms with van der Waals surface area (Å²) in [5.74, 6) is -1.68. The molecule has 1 aromatic carbocycles. The third-order valence-corrected chi connectivity index (χ3v) is 6.62. The van der Waals surface area contributed by atoms with E-state index in [0.29, 0.717) is 17.5 Å². The third-order valence-electron chi connectivity index (χ3n) is 4.87. The summed E-state index contributed by atoms with van der Waals surface area (Å²) in [6, 6.07) is 6.46. The molecule has 3 rings (SSSR count). The second-order valence-electron chi connectivity index (χ2n) is 6.88. The molecule has 0 aliphatic carbocycles. The van der Waals surface area contributed by atoms with Crippen LogP contribution < -0.4 is 5.76 Å². The zero-order valence-corrected chi connectivity index (χ0v) is 16.5. The number of hydrogen-bond acceptors (Lipinski definition) is 7. The Bertz CT molecular complexity index is 1050. The predicted molar refractivity (Wildman–Crippen MR) is 100 cm³/mol. The van der Waals surface area contributed by atoms with Crippen LogP contribution in [-0.2, 0) is 30.7 Å². The number of amides is 1. The Balaban J connectivity index is 1.56. The summed E-state index contributed by atoms with van der Waals surface area (Å²) in [6.07, 6.45) is -0.775. The minimum atomic E-state index is -3.12. The number of sulfone groups is 1. The lowest BCUT2D eigenvalue weighted by atomic mass is 10.2. The van der Waals surface area contributed by atoms with Crippen molar-refractivity contribution in [1.29, 1.82) is 0 Å². The minimum Gasteiger partial charge on any atom is -0.452 e. The average Bonchev–Trinajstić information content (AvgIpc) is 3.17. The molecule has 1 aliphatic rings. The van der Waals surface area contributed by atoms with Crippen LogP contribution in [-0.4, -0.2) is 60.5 Å². The van der Waals surface area contributed by atoms with E-state index >= 15 is 0 Å². The summed E-state index contributed by atoms with van der Waals surface area (Å²) in [5, 5.41) is 0. The maximum atomic E-state index is 12.4. The molecule has 2 heterocycles. The van der Waals surface area contributed by atoms with Gasteiger partial charge in [-0.2, -0.15) is 0 Å². The highest BCUT2D eigenvalue weighted by molar-refractivity contribution is 7.91. The molecule has 2 atom stereocenters. The highest BCUT2D eigenvalue weighted by atomic mass is 32.2. The van der Waals surface area contributed by atoms with E-state index < -0.39 is 39.6 Å². The molecule has 0 bridgehead atoms. The van der Waals surface area contributed by atoms with Gasteiger partial charge in [0, 0.05) is 19.6 Å². The monoisotopic (exact) mass is 410 g/mol. The molecule has 2 aromatic rings. The molecule has 0 N–H and O–H groups in total. The first-order valence-electron chi connectivity index (χ1n) is 8.93. The quantitative estimate of drug-likeness (QED) is 0.639. The van der Waals surface area contributed by atoms with Crippen LogP contribution in [0.3, 0.4) is 0 Å². The number of fused-ring (bicyclic) bond motifs is 1. The van der Waals surface area contributed by atoms with Crippen LogP contribution in [0.15, 0.2) is 33.5 Å². The van der Waals surface area contributed by atoms with Gasteiger partial charge in [0.05, 0.1) is 23.4 Å². The second-order valence-corrected chi connectivity index (χ2v) is 9.10. The summed E-state index contributed by atoms with van der Waals surface area (Å²) in [4.78, 5) is 37.8. The Kier molecular flexibility index (Phi) is 5.59. The Labute approximate surface area is 161 Å². The van der Waals surface area contributed by atoms with E-state index in [9.17, 15) is 22.8 Å². The fourth-order valence-electron chi connectivity index (χ4n) is 3.28. The van der Waals surface area contributed by atoms with Gasteiger partial charge < -0.3 is 14.1 Å². The number of carbonyl (C=O) groups excluding carboxylic acids is 2. The van der Waals surface area contributed by atoms with Crippen molar-refractivity contribution in [2.45, 2.75) is 38.5 Å². The van der Waals surface area contributed by atoms with E-state index in [1.807, 2.05) is 0 Å². The van der Waals surface area contributed by atoms with Crippen molar-refractivity contribution in [2.75, 3.05) is 18.6 Å². The standard InChI is InChI=1S/C18H22N2O7S/c1-12(17(22)19(2)13-8-10-28(24,25)11-13)26-16(21)7-9-20-14-5-3-4-6-15(14)27-18(20)23/h3-6,12-13H,7-11H2,1-2H3/t12-,13+/m1/s1. The average molecular weight is 410 g/mol. The number of nitrogens with zero attached hydrogens (tertiary/aromatic N) is 2. The number of carbonyl (C=O) groups is 2. The lowest BCUT2D eigenvalue weighted by Gasteiger charge is -2.26. The highest BCUT2D eigenvalue weighted by Crippen LogP contribution is 2.18. The van der Waals surface area contributed by atoms with E-state index in [4.69, 9.17) is 9.15 Å². The zero-order chi connectivity index (χ0) is 20.5. The van der Waals surface area contributed by atoms with Crippen molar-refractivity contribution in [1.82, 2.24) is 9.47 Å². The van der Waals surface area contributed by atoms with E-state index in [1.54, 1.807) is 24.3 Å². The van der Waals surface area contributed by atoms with Crippen LogP contribution in [0.2, 0.25) is 0 Å². The van der Waals surface area contributed by atoms with E-state index in [-0.39, 0.29) is 24.5 Å². The molecule has 1 fully saturated rings. The van der Waals surface area contributed by atoms with Gasteiger partial charge in [-0.3, -0.25) is 14.2 Å². The SMILES string of the molecule is C[C@@H](OC(=O)CCn1c(=O)oc2ccccc21)C(=O)N(C)[C@H]1CCS(=O)(=O)C1. The molecule has 152 valence electrons. The number of para-hydroxylation sites is 2. The summed E-state index contributed by atoms with van der Waals surface area (Å²) in [6.45, 7) is 1.51. The van der Waals surface area contributed by atoms with Gasteiger partial charge in [-0.25, -0.2) is 13.2 Å². The Morgan fingerprint density at radius 3 is 2.75 bits per heavy atom. The first kappa shape index (κ1) is 20.1. The number of aromatic nitrogens is 1. The fraction of sp³-hybridized carbons (Fsp3) is 0.500. The third kappa shape index (κ3) is 4.27. The molecule has 0 radical (unpaired) electrons. The summed E-state index contributed by atoms with van der Waals surface area (Å²) in [7, 11) is -1.61. The van der Waals surface area contributed by atoms with Gasteiger partial charge in [0.15, 0.2) is 21.5 Å². The number of aryl methyl sites for hydroxylation is 1. The Hall–Kier alpha value is -2.62. The first-order chi connectivity index (χ1) is 13.2. The van der Waals surface area contributed by atoms with Crippen molar-refractivity contribution < 1.29 is 27.2 Å². The summed E-state index contributed by atoms with van der Waals surface area (Å²) < 4.78 is 34.8. The molecule has 9 nitrogen and oxygen atoms in total. The number of hydrogen-bond donors (Lipinski definition) is 0. The molecule has 10 heteroatoms. The van der Waals surface area contributed by atoms with E-state index in [2.05, 4.69) is 0 Å². The molecular formula is C18H22N2O7S. The number of rotatable bonds is 6. The molecule has 0 saturated carbocycles. The zero-order valence-electron chi connectivity index (χ0n) is 15.7. The highest BCUT2D eigenvalue weighted by Gasteiger charge is 2.34. The van der Waals surface area contributed by atoms with Crippen molar-refractivity contribution in [3.05, 3.63) is 34.8 Å². The van der Waals surface area contributed by atoms with Gasteiger partial charge in [0.1, 0.15) is 0 Å². The fourth-order valence-corrected chi connectivity index (χ4v) is 5.06. The molecule has 1 amide bonds. The van der Waals surface area contributed by atoms with Crippen molar-refractivity contribution >= 4 is 32.8 Å². The van der Waals surface area contributed by atoms with Crippen LogP contribution in [0, 0.1) is 0 Å². The Morgan fingerprint density at radius 2 is 2.07 bits per heavy atom. The molecular weight excluding hydrogens is 388 g/mol. The van der Waals surface area contributed by atoms with Gasteiger partial charge in [-0.05, 0) is 25.5 Å². The summed E-state index contributed by atoms with van der Waals surface area (Å²) in [5.41, 5.74) is 1.00. The molecule has 1 aromatic heterocycles.